The van der Waals surface area contributed by atoms with Gasteiger partial charge < -0.3 is 4.74 Å². The van der Waals surface area contributed by atoms with Crippen molar-refractivity contribution in [2.75, 3.05) is 6.61 Å². The summed E-state index contributed by atoms with van der Waals surface area (Å²) in [4.78, 5) is 11.0. The van der Waals surface area contributed by atoms with Crippen LogP contribution in [0.2, 0.25) is 0 Å². The molecule has 0 aliphatic carbocycles. The molecule has 90 valence electrons. The number of rotatable bonds is 7. The summed E-state index contributed by atoms with van der Waals surface area (Å²) in [6, 6.07) is 0. The minimum atomic E-state index is -0.219. The highest BCUT2D eigenvalue weighted by molar-refractivity contribution is 5.71. The second-order valence-electron chi connectivity index (χ2n) is 4.05. The van der Waals surface area contributed by atoms with E-state index in [9.17, 15) is 4.79 Å². The van der Waals surface area contributed by atoms with Gasteiger partial charge in [0.05, 0.1) is 6.42 Å². The van der Waals surface area contributed by atoms with Crippen LogP contribution in [-0.2, 0) is 9.53 Å². The van der Waals surface area contributed by atoms with Crippen molar-refractivity contribution in [2.45, 2.75) is 40.0 Å². The average Bonchev–Trinajstić information content (AvgIpc) is 2.17. The van der Waals surface area contributed by atoms with E-state index in [1.54, 1.807) is 6.08 Å². The molecule has 0 heterocycles. The molecule has 0 bridgehead atoms. The third kappa shape index (κ3) is 9.25. The Bertz CT molecular complexity index is 281. The van der Waals surface area contributed by atoms with Crippen LogP contribution in [0.1, 0.15) is 40.0 Å². The fourth-order valence-electron chi connectivity index (χ4n) is 1.14. The predicted octanol–water partition coefficient (Wildman–Crippen LogP) is 3.80. The second kappa shape index (κ2) is 8.96. The maximum Gasteiger partial charge on any atom is 0.309 e. The van der Waals surface area contributed by atoms with E-state index < -0.39 is 0 Å². The van der Waals surface area contributed by atoms with Gasteiger partial charge in [-0.05, 0) is 39.7 Å². The van der Waals surface area contributed by atoms with Gasteiger partial charge in [0, 0.05) is 0 Å². The van der Waals surface area contributed by atoms with Crippen molar-refractivity contribution < 1.29 is 9.53 Å². The molecule has 0 aromatic rings. The zero-order valence-electron chi connectivity index (χ0n) is 10.6. The molecule has 0 spiro atoms. The molecule has 0 radical (unpaired) electrons. The molecular weight excluding hydrogens is 200 g/mol. The Hall–Kier alpha value is -1.31. The summed E-state index contributed by atoms with van der Waals surface area (Å²) < 4.78 is 4.98. The van der Waals surface area contributed by atoms with Crippen LogP contribution in [0.25, 0.3) is 0 Å². The van der Waals surface area contributed by atoms with E-state index in [4.69, 9.17) is 4.74 Å². The maximum atomic E-state index is 11.0. The highest BCUT2D eigenvalue weighted by Gasteiger charge is 1.96. The largest absolute Gasteiger partial charge is 0.461 e. The number of carbonyl (C=O) groups excluding carboxylic acids is 1. The van der Waals surface area contributed by atoms with Crippen LogP contribution in [0.3, 0.4) is 0 Å². The Labute approximate surface area is 98.7 Å². The van der Waals surface area contributed by atoms with Gasteiger partial charge >= 0.3 is 5.97 Å². The number of ether oxygens (including phenoxy) is 1. The van der Waals surface area contributed by atoms with E-state index in [1.807, 2.05) is 6.08 Å². The highest BCUT2D eigenvalue weighted by atomic mass is 16.5. The van der Waals surface area contributed by atoms with Crippen molar-refractivity contribution in [3.8, 4) is 0 Å². The maximum absolute atomic E-state index is 11.0. The molecule has 0 aliphatic rings. The van der Waals surface area contributed by atoms with Gasteiger partial charge in [-0.15, -0.1) is 6.58 Å². The van der Waals surface area contributed by atoms with Crippen LogP contribution in [0.15, 0.2) is 36.0 Å². The van der Waals surface area contributed by atoms with E-state index in [1.165, 1.54) is 11.1 Å². The normalized spacial score (nSPS) is 10.8. The van der Waals surface area contributed by atoms with Gasteiger partial charge in [0.15, 0.2) is 0 Å². The molecule has 0 unspecified atom stereocenters. The molecule has 0 rings (SSSR count). The number of carbonyl (C=O) groups is 1. The minimum absolute atomic E-state index is 0.219. The van der Waals surface area contributed by atoms with Crippen LogP contribution in [0.4, 0.5) is 0 Å². The summed E-state index contributed by atoms with van der Waals surface area (Å²) in [6.45, 7) is 10.1. The first-order valence-electron chi connectivity index (χ1n) is 5.61. The standard InChI is InChI=1S/C14H22O2/c1-5-7-14(15)16-11-10-13(4)9-6-8-12(2)3/h5,8,10H,1,6-7,9,11H2,2-4H3/b13-10+. The molecule has 0 aliphatic heterocycles. The lowest BCUT2D eigenvalue weighted by Crippen LogP contribution is -2.02. The van der Waals surface area contributed by atoms with Gasteiger partial charge in [0.25, 0.3) is 0 Å². The smallest absolute Gasteiger partial charge is 0.309 e. The summed E-state index contributed by atoms with van der Waals surface area (Å²) in [5, 5.41) is 0. The number of hydrogen-bond donors (Lipinski definition) is 0. The van der Waals surface area contributed by atoms with Gasteiger partial charge in [-0.2, -0.15) is 0 Å². The van der Waals surface area contributed by atoms with Gasteiger partial charge in [0.2, 0.25) is 0 Å². The lowest BCUT2D eigenvalue weighted by atomic mass is 10.1. The SMILES string of the molecule is C=CCC(=O)OC/C=C(\C)CCC=C(C)C. The lowest BCUT2D eigenvalue weighted by molar-refractivity contribution is -0.141. The molecular formula is C14H22O2. The minimum Gasteiger partial charge on any atom is -0.461 e. The molecule has 16 heavy (non-hydrogen) atoms. The van der Waals surface area contributed by atoms with Crippen molar-refractivity contribution in [2.24, 2.45) is 0 Å². The summed E-state index contributed by atoms with van der Waals surface area (Å²) in [6.07, 6.45) is 8.06. The van der Waals surface area contributed by atoms with Crippen molar-refractivity contribution in [3.05, 3.63) is 36.0 Å². The fraction of sp³-hybridized carbons (Fsp3) is 0.500. The van der Waals surface area contributed by atoms with Crippen LogP contribution in [-0.4, -0.2) is 12.6 Å². The van der Waals surface area contributed by atoms with E-state index in [0.29, 0.717) is 6.61 Å². The van der Waals surface area contributed by atoms with E-state index >= 15 is 0 Å². The zero-order valence-corrected chi connectivity index (χ0v) is 10.6. The highest BCUT2D eigenvalue weighted by Crippen LogP contribution is 2.06. The monoisotopic (exact) mass is 222 g/mol. The fourth-order valence-corrected chi connectivity index (χ4v) is 1.14. The van der Waals surface area contributed by atoms with Gasteiger partial charge in [-0.25, -0.2) is 0 Å². The average molecular weight is 222 g/mol. The van der Waals surface area contributed by atoms with E-state index in [2.05, 4.69) is 33.4 Å². The molecule has 0 saturated heterocycles. The van der Waals surface area contributed by atoms with Crippen LogP contribution >= 0.6 is 0 Å². The van der Waals surface area contributed by atoms with Crippen molar-refractivity contribution >= 4 is 5.97 Å². The predicted molar refractivity (Wildman–Crippen MR) is 68.2 cm³/mol. The van der Waals surface area contributed by atoms with Crippen molar-refractivity contribution in [1.82, 2.24) is 0 Å². The zero-order chi connectivity index (χ0) is 12.4. The molecule has 0 aromatic heterocycles. The Kier molecular flexibility index (Phi) is 8.22. The first kappa shape index (κ1) is 14.7. The molecule has 2 heteroatoms. The number of esters is 1. The molecule has 0 aromatic carbocycles. The molecule has 0 amide bonds. The Morgan fingerprint density at radius 2 is 1.94 bits per heavy atom. The lowest BCUT2D eigenvalue weighted by Gasteiger charge is -2.01. The van der Waals surface area contributed by atoms with Gasteiger partial charge in [0.1, 0.15) is 6.61 Å². The molecule has 0 fully saturated rings. The van der Waals surface area contributed by atoms with Crippen LogP contribution in [0.5, 0.6) is 0 Å². The van der Waals surface area contributed by atoms with Crippen LogP contribution in [0, 0.1) is 0 Å². The first-order valence-corrected chi connectivity index (χ1v) is 5.61. The molecule has 0 N–H and O–H groups in total. The van der Waals surface area contributed by atoms with E-state index in [0.717, 1.165) is 12.8 Å². The Morgan fingerprint density at radius 3 is 2.50 bits per heavy atom. The van der Waals surface area contributed by atoms with Gasteiger partial charge in [-0.1, -0.05) is 23.3 Å². The summed E-state index contributed by atoms with van der Waals surface area (Å²) in [5.41, 5.74) is 2.59. The van der Waals surface area contributed by atoms with Crippen molar-refractivity contribution in [1.29, 1.82) is 0 Å². The van der Waals surface area contributed by atoms with Crippen LogP contribution < -0.4 is 0 Å². The van der Waals surface area contributed by atoms with Crippen molar-refractivity contribution in [3.63, 3.8) is 0 Å². The molecule has 0 atom stereocenters. The second-order valence-corrected chi connectivity index (χ2v) is 4.05. The topological polar surface area (TPSA) is 26.3 Å². The number of allylic oxidation sites excluding steroid dienone is 3. The number of hydrogen-bond acceptors (Lipinski definition) is 2. The first-order chi connectivity index (χ1) is 7.56. The summed E-state index contributed by atoms with van der Waals surface area (Å²) >= 11 is 0. The molecule has 0 saturated carbocycles. The quantitative estimate of drug-likeness (QED) is 0.484. The van der Waals surface area contributed by atoms with Gasteiger partial charge in [-0.3, -0.25) is 4.79 Å². The Morgan fingerprint density at radius 1 is 1.25 bits per heavy atom. The van der Waals surface area contributed by atoms with E-state index in [-0.39, 0.29) is 12.4 Å². The summed E-state index contributed by atoms with van der Waals surface area (Å²) in [5.74, 6) is -0.219. The molecule has 2 nitrogen and oxygen atoms in total. The summed E-state index contributed by atoms with van der Waals surface area (Å²) in [7, 11) is 0. The third-order valence-corrected chi connectivity index (χ3v) is 2.08. The third-order valence-electron chi connectivity index (χ3n) is 2.08. The Balaban J connectivity index is 3.74.